The number of urea groups is 2. The van der Waals surface area contributed by atoms with Gasteiger partial charge in [-0.05, 0) is 47.9 Å². The lowest BCUT2D eigenvalue weighted by atomic mass is 9.97. The molecule has 0 bridgehead atoms. The van der Waals surface area contributed by atoms with Crippen LogP contribution in [0.2, 0.25) is 0 Å². The van der Waals surface area contributed by atoms with E-state index in [2.05, 4.69) is 35.2 Å². The zero-order valence-electron chi connectivity index (χ0n) is 31.4. The van der Waals surface area contributed by atoms with Gasteiger partial charge in [0.05, 0.1) is 6.61 Å². The highest BCUT2D eigenvalue weighted by Crippen LogP contribution is 2.18. The predicted octanol–water partition coefficient (Wildman–Crippen LogP) is 3.58. The van der Waals surface area contributed by atoms with E-state index >= 15 is 0 Å². The Morgan fingerprint density at radius 2 is 1.40 bits per heavy atom. The van der Waals surface area contributed by atoms with E-state index < -0.39 is 47.6 Å². The van der Waals surface area contributed by atoms with Crippen LogP contribution in [0.4, 0.5) is 9.59 Å². The van der Waals surface area contributed by atoms with Crippen molar-refractivity contribution in [2.75, 3.05) is 41.3 Å². The first-order valence-corrected chi connectivity index (χ1v) is 17.2. The molecule has 13 nitrogen and oxygen atoms in total. The van der Waals surface area contributed by atoms with E-state index in [1.807, 2.05) is 68.4 Å². The lowest BCUT2D eigenvalue weighted by Gasteiger charge is -2.36. The minimum Gasteiger partial charge on any atom is -0.493 e. The molecule has 0 fully saturated rings. The first-order chi connectivity index (χ1) is 23.4. The number of nitrogens with zero attached hydrogens (tertiary/aromatic N) is 3. The summed E-state index contributed by atoms with van der Waals surface area (Å²) in [6.07, 6.45) is 1.04. The maximum atomic E-state index is 13.8. The fourth-order valence-electron chi connectivity index (χ4n) is 4.84. The van der Waals surface area contributed by atoms with Crippen molar-refractivity contribution in [2.24, 2.45) is 17.8 Å². The zero-order chi connectivity index (χ0) is 37.6. The standard InChI is InChI=1S/C37H59N7O6/c1-25(2)24-50-31-20-17-29(18-21-31)22-44(41-33(45)32(26(3)4)39-35(47)42(7)8)23-30(19-16-28-14-12-11-13-15-28)38-34(46)37(49,27(5)6)40-36(48)43(9)10/h11-15,17-18,20-21,25-27,30,32,49H,16,19,22-24H2,1-10H3,(H,38,46)(H,39,47)(H,40,48)(H,41,45)/t30-,32-,37+/m0/s1. The minimum absolute atomic E-state index is 0.137. The number of carbonyl (C=O) groups is 4. The fourth-order valence-corrected chi connectivity index (χ4v) is 4.84. The van der Waals surface area contributed by atoms with Crippen molar-refractivity contribution in [3.8, 4) is 5.75 Å². The lowest BCUT2D eigenvalue weighted by Crippen LogP contribution is -2.65. The van der Waals surface area contributed by atoms with Crippen molar-refractivity contribution >= 4 is 23.9 Å². The Bertz CT molecular complexity index is 1370. The third-order valence-electron chi connectivity index (χ3n) is 8.07. The Morgan fingerprint density at radius 1 is 0.800 bits per heavy atom. The van der Waals surface area contributed by atoms with Crippen LogP contribution in [0.25, 0.3) is 0 Å². The van der Waals surface area contributed by atoms with Gasteiger partial charge in [-0.15, -0.1) is 0 Å². The normalized spacial score (nSPS) is 13.7. The molecule has 0 aliphatic rings. The van der Waals surface area contributed by atoms with Gasteiger partial charge in [0.2, 0.25) is 5.72 Å². The van der Waals surface area contributed by atoms with Gasteiger partial charge in [0.15, 0.2) is 0 Å². The highest BCUT2D eigenvalue weighted by atomic mass is 16.5. The fraction of sp³-hybridized carbons (Fsp3) is 0.568. The van der Waals surface area contributed by atoms with E-state index in [0.29, 0.717) is 25.4 Å². The summed E-state index contributed by atoms with van der Waals surface area (Å²) in [5.74, 6) is -0.984. The topological polar surface area (TPSA) is 156 Å². The molecule has 2 aromatic carbocycles. The zero-order valence-corrected chi connectivity index (χ0v) is 31.4. The molecule has 50 heavy (non-hydrogen) atoms. The van der Waals surface area contributed by atoms with Crippen LogP contribution in [0.3, 0.4) is 0 Å². The van der Waals surface area contributed by atoms with Gasteiger partial charge in [-0.25, -0.2) is 14.6 Å². The summed E-state index contributed by atoms with van der Waals surface area (Å²) in [5.41, 5.74) is 2.71. The van der Waals surface area contributed by atoms with Crippen molar-refractivity contribution < 1.29 is 29.0 Å². The number of benzene rings is 2. The Balaban J connectivity index is 2.47. The molecular formula is C37H59N7O6. The summed E-state index contributed by atoms with van der Waals surface area (Å²) in [6.45, 7) is 12.1. The molecule has 6 amide bonds. The van der Waals surface area contributed by atoms with E-state index in [4.69, 9.17) is 4.74 Å². The molecule has 0 aliphatic heterocycles. The van der Waals surface area contributed by atoms with Crippen LogP contribution in [0.5, 0.6) is 5.75 Å². The van der Waals surface area contributed by atoms with Crippen LogP contribution in [0.1, 0.15) is 59.1 Å². The molecule has 13 heteroatoms. The maximum Gasteiger partial charge on any atom is 0.319 e. The third-order valence-corrected chi connectivity index (χ3v) is 8.07. The van der Waals surface area contributed by atoms with Gasteiger partial charge in [-0.2, -0.15) is 0 Å². The number of nitrogens with one attached hydrogen (secondary N) is 4. The second kappa shape index (κ2) is 19.7. The van der Waals surface area contributed by atoms with Crippen molar-refractivity contribution in [1.82, 2.24) is 36.2 Å². The van der Waals surface area contributed by atoms with Crippen LogP contribution >= 0.6 is 0 Å². The lowest BCUT2D eigenvalue weighted by molar-refractivity contribution is -0.148. The van der Waals surface area contributed by atoms with Crippen molar-refractivity contribution in [2.45, 2.75) is 78.7 Å². The van der Waals surface area contributed by atoms with Crippen molar-refractivity contribution in [3.63, 3.8) is 0 Å². The second-order valence-corrected chi connectivity index (χ2v) is 14.2. The first-order valence-electron chi connectivity index (χ1n) is 17.2. The van der Waals surface area contributed by atoms with E-state index in [1.54, 1.807) is 33.0 Å². The summed E-state index contributed by atoms with van der Waals surface area (Å²) < 4.78 is 5.85. The van der Waals surface area contributed by atoms with Gasteiger partial charge < -0.3 is 35.6 Å². The van der Waals surface area contributed by atoms with Gasteiger partial charge in [0.1, 0.15) is 11.8 Å². The molecule has 5 N–H and O–H groups in total. The first kappa shape index (κ1) is 41.8. The van der Waals surface area contributed by atoms with Crippen molar-refractivity contribution in [3.05, 3.63) is 65.7 Å². The Labute approximate surface area is 298 Å². The largest absolute Gasteiger partial charge is 0.493 e. The molecule has 0 saturated carbocycles. The van der Waals surface area contributed by atoms with Crippen LogP contribution < -0.4 is 26.1 Å². The molecule has 3 atom stereocenters. The molecule has 0 saturated heterocycles. The summed E-state index contributed by atoms with van der Waals surface area (Å²) in [5, 5.41) is 21.4. The highest BCUT2D eigenvalue weighted by molar-refractivity contribution is 5.90. The molecule has 0 heterocycles. The Kier molecular flexibility index (Phi) is 16.5. The quantitative estimate of drug-likeness (QED) is 0.118. The SMILES string of the molecule is CC(C)COc1ccc(CN(C[C@H](CCc2ccccc2)NC(=O)[C@@](O)(NC(=O)N(C)C)C(C)C)NC(=O)[C@@H](NC(=O)N(C)C)C(C)C)cc1. The summed E-state index contributed by atoms with van der Waals surface area (Å²) >= 11 is 0. The van der Waals surface area contributed by atoms with Gasteiger partial charge >= 0.3 is 12.1 Å². The van der Waals surface area contributed by atoms with Crippen LogP contribution in [0, 0.1) is 17.8 Å². The average Bonchev–Trinajstić information content (AvgIpc) is 3.05. The number of aliphatic hydroxyl groups is 1. The minimum atomic E-state index is -2.20. The number of aryl methyl sites for hydroxylation is 1. The van der Waals surface area contributed by atoms with Gasteiger partial charge in [-0.3, -0.25) is 15.0 Å². The number of amides is 6. The molecule has 2 aromatic rings. The number of ether oxygens (including phenoxy) is 1. The summed E-state index contributed by atoms with van der Waals surface area (Å²) in [6, 6.07) is 14.9. The molecule has 0 aromatic heterocycles. The third kappa shape index (κ3) is 13.5. The van der Waals surface area contributed by atoms with Gasteiger partial charge in [0, 0.05) is 53.2 Å². The van der Waals surface area contributed by atoms with Crippen LogP contribution in [-0.4, -0.2) is 103 Å². The molecular weight excluding hydrogens is 638 g/mol. The number of hydrogen-bond donors (Lipinski definition) is 5. The molecule has 0 unspecified atom stereocenters. The van der Waals surface area contributed by atoms with E-state index in [9.17, 15) is 24.3 Å². The molecule has 0 radical (unpaired) electrons. The predicted molar refractivity (Wildman–Crippen MR) is 195 cm³/mol. The average molecular weight is 698 g/mol. The number of hydrazine groups is 1. The number of carbonyl (C=O) groups excluding carboxylic acids is 4. The van der Waals surface area contributed by atoms with E-state index in [1.165, 1.54) is 23.9 Å². The molecule has 2 rings (SSSR count). The summed E-state index contributed by atoms with van der Waals surface area (Å²) in [4.78, 5) is 55.3. The number of rotatable bonds is 18. The van der Waals surface area contributed by atoms with E-state index in [-0.39, 0.29) is 19.0 Å². The Morgan fingerprint density at radius 3 is 1.92 bits per heavy atom. The van der Waals surface area contributed by atoms with Crippen molar-refractivity contribution in [1.29, 1.82) is 0 Å². The van der Waals surface area contributed by atoms with Crippen LogP contribution in [-0.2, 0) is 22.6 Å². The molecule has 278 valence electrons. The van der Waals surface area contributed by atoms with Crippen LogP contribution in [0.15, 0.2) is 54.6 Å². The highest BCUT2D eigenvalue weighted by Gasteiger charge is 2.42. The maximum absolute atomic E-state index is 13.8. The van der Waals surface area contributed by atoms with Gasteiger partial charge in [0.25, 0.3) is 11.8 Å². The Hall–Kier alpha value is -4.36. The monoisotopic (exact) mass is 697 g/mol. The second-order valence-electron chi connectivity index (χ2n) is 14.2. The number of hydrogen-bond acceptors (Lipinski definition) is 7. The summed E-state index contributed by atoms with van der Waals surface area (Å²) in [7, 11) is 6.24. The van der Waals surface area contributed by atoms with E-state index in [0.717, 1.165) is 16.9 Å². The smallest absolute Gasteiger partial charge is 0.319 e. The molecule has 0 spiro atoms. The van der Waals surface area contributed by atoms with Gasteiger partial charge in [-0.1, -0.05) is 84.0 Å². The molecule has 0 aliphatic carbocycles.